The number of benzene rings is 6. The van der Waals surface area contributed by atoms with Crippen LogP contribution in [0.5, 0.6) is 0 Å². The maximum atomic E-state index is 13.7. The summed E-state index contributed by atoms with van der Waals surface area (Å²) in [7, 11) is 0. The van der Waals surface area contributed by atoms with Crippen molar-refractivity contribution in [3.05, 3.63) is 174 Å². The van der Waals surface area contributed by atoms with Crippen LogP contribution in [0.3, 0.4) is 0 Å². The first kappa shape index (κ1) is 50.2. The molecule has 10 rings (SSSR count). The highest BCUT2D eigenvalue weighted by Crippen LogP contribution is 2.42. The molecule has 1 unspecified atom stereocenters. The number of anilines is 6. The summed E-state index contributed by atoms with van der Waals surface area (Å²) in [6.45, 7) is 4.43. The molecule has 6 aromatic carbocycles. The largest absolute Gasteiger partial charge is 0.372 e. The number of urea groups is 2. The zero-order valence-corrected chi connectivity index (χ0v) is 44.9. The number of nitrogens with zero attached hydrogens (tertiary/aromatic N) is 6. The topological polar surface area (TPSA) is 125 Å². The van der Waals surface area contributed by atoms with E-state index in [9.17, 15) is 29.1 Å². The second-order valence-electron chi connectivity index (χ2n) is 16.5. The van der Waals surface area contributed by atoms with Crippen molar-refractivity contribution in [2.45, 2.75) is 44.2 Å². The van der Waals surface area contributed by atoms with Crippen LogP contribution < -0.4 is 29.4 Å². The third-order valence-corrected chi connectivity index (χ3v) is 14.7. The SMILES string of the molecule is Brc1ccc(N2CCCCC2)cc1.O=C1C(=O)N(c2ccc(Br)cc2)C(=O)N1c1ccc(Br)cc1.O=C1N(c2ccc(Br)cc2)C(=O)C(O)(c2ccc(N3CCCCC3)cc2)N1c1ccc(Br)cc1. The van der Waals surface area contributed by atoms with Crippen molar-refractivity contribution >= 4 is 144 Å². The van der Waals surface area contributed by atoms with E-state index < -0.39 is 35.5 Å². The van der Waals surface area contributed by atoms with Crippen LogP contribution >= 0.6 is 79.6 Å². The van der Waals surface area contributed by atoms with Crippen LogP contribution in [0.25, 0.3) is 0 Å². The highest BCUT2D eigenvalue weighted by Gasteiger charge is 2.59. The van der Waals surface area contributed by atoms with E-state index in [1.807, 2.05) is 12.1 Å². The van der Waals surface area contributed by atoms with Gasteiger partial charge >= 0.3 is 23.9 Å². The minimum atomic E-state index is -2.18. The Balaban J connectivity index is 0.000000156. The quantitative estimate of drug-likeness (QED) is 0.124. The van der Waals surface area contributed by atoms with Gasteiger partial charge in [-0.15, -0.1) is 0 Å². The lowest BCUT2D eigenvalue weighted by atomic mass is 9.99. The van der Waals surface area contributed by atoms with E-state index in [1.165, 1.54) is 49.4 Å². The van der Waals surface area contributed by atoms with Crippen molar-refractivity contribution in [2.24, 2.45) is 0 Å². The van der Waals surface area contributed by atoms with Gasteiger partial charge in [-0.1, -0.05) is 91.8 Å². The molecule has 6 aromatic rings. The van der Waals surface area contributed by atoms with E-state index >= 15 is 0 Å². The first-order valence-corrected chi connectivity index (χ1v) is 26.2. The molecule has 4 aliphatic rings. The second kappa shape index (κ2) is 22.3. The first-order valence-electron chi connectivity index (χ1n) is 22.3. The van der Waals surface area contributed by atoms with Gasteiger partial charge in [-0.25, -0.2) is 24.3 Å². The number of carbonyl (C=O) groups excluding carboxylic acids is 5. The summed E-state index contributed by atoms with van der Waals surface area (Å²) >= 11 is 16.8. The zero-order valence-electron chi connectivity index (χ0n) is 37.0. The van der Waals surface area contributed by atoms with E-state index in [0.29, 0.717) is 28.3 Å². The lowest BCUT2D eigenvalue weighted by Crippen LogP contribution is -2.47. The Kier molecular flexibility index (Phi) is 16.2. The van der Waals surface area contributed by atoms with Crippen molar-refractivity contribution in [2.75, 3.05) is 55.6 Å². The summed E-state index contributed by atoms with van der Waals surface area (Å²) in [5.74, 6) is -2.45. The molecule has 4 saturated heterocycles. The number of aliphatic hydroxyl groups is 1. The molecule has 0 saturated carbocycles. The van der Waals surface area contributed by atoms with Crippen LogP contribution in [0.2, 0.25) is 0 Å². The van der Waals surface area contributed by atoms with Crippen LogP contribution in [0.4, 0.5) is 43.7 Å². The van der Waals surface area contributed by atoms with Gasteiger partial charge in [0.2, 0.25) is 0 Å². The van der Waals surface area contributed by atoms with E-state index in [1.54, 1.807) is 109 Å². The van der Waals surface area contributed by atoms with Gasteiger partial charge in [-0.2, -0.15) is 0 Å². The molecule has 69 heavy (non-hydrogen) atoms. The summed E-state index contributed by atoms with van der Waals surface area (Å²) in [4.78, 5) is 72.9. The molecule has 0 radical (unpaired) electrons. The van der Waals surface area contributed by atoms with E-state index in [2.05, 4.69) is 114 Å². The fourth-order valence-electron chi connectivity index (χ4n) is 8.50. The molecular weight excluding hydrogens is 1200 g/mol. The smallest absolute Gasteiger partial charge is 0.343 e. The Labute approximate surface area is 442 Å². The van der Waals surface area contributed by atoms with Gasteiger partial charge < -0.3 is 14.9 Å². The van der Waals surface area contributed by atoms with Crippen molar-refractivity contribution in [3.8, 4) is 0 Å². The van der Waals surface area contributed by atoms with Crippen LogP contribution in [0.1, 0.15) is 44.1 Å². The van der Waals surface area contributed by atoms with E-state index in [-0.39, 0.29) is 0 Å². The lowest BCUT2D eigenvalue weighted by Gasteiger charge is -2.32. The average Bonchev–Trinajstić information content (AvgIpc) is 3.72. The van der Waals surface area contributed by atoms with Crippen LogP contribution in [-0.4, -0.2) is 61.1 Å². The molecule has 0 aromatic heterocycles. The number of rotatable bonds is 7. The van der Waals surface area contributed by atoms with Gasteiger partial charge in [0.25, 0.3) is 11.6 Å². The highest BCUT2D eigenvalue weighted by atomic mass is 79.9. The maximum absolute atomic E-state index is 13.7. The third-order valence-electron chi connectivity index (χ3n) is 12.1. The number of halogens is 5. The van der Waals surface area contributed by atoms with Crippen LogP contribution in [0, 0.1) is 0 Å². The molecule has 1 atom stereocenters. The molecule has 4 fully saturated rings. The molecular formula is C52H45Br5N6O6. The Morgan fingerprint density at radius 3 is 0.986 bits per heavy atom. The molecule has 12 nitrogen and oxygen atoms in total. The summed E-state index contributed by atoms with van der Waals surface area (Å²) in [5, 5.41) is 12.0. The number of piperidine rings is 2. The number of amides is 7. The predicted octanol–water partition coefficient (Wildman–Crippen LogP) is 13.2. The van der Waals surface area contributed by atoms with Crippen LogP contribution in [0.15, 0.2) is 168 Å². The van der Waals surface area contributed by atoms with Gasteiger partial charge in [-0.05, 0) is 172 Å². The predicted molar refractivity (Wildman–Crippen MR) is 289 cm³/mol. The molecule has 4 heterocycles. The second-order valence-corrected chi connectivity index (χ2v) is 21.1. The van der Waals surface area contributed by atoms with E-state index in [4.69, 9.17) is 0 Å². The van der Waals surface area contributed by atoms with Crippen molar-refractivity contribution in [1.29, 1.82) is 0 Å². The Hall–Kier alpha value is -5.17. The summed E-state index contributed by atoms with van der Waals surface area (Å²) < 4.78 is 4.43. The lowest BCUT2D eigenvalue weighted by molar-refractivity contribution is -0.133. The Morgan fingerprint density at radius 1 is 0.348 bits per heavy atom. The monoisotopic (exact) mass is 1240 g/mol. The number of hydrogen-bond acceptors (Lipinski definition) is 8. The zero-order chi connectivity index (χ0) is 48.8. The Morgan fingerprint density at radius 2 is 0.638 bits per heavy atom. The Bertz CT molecular complexity index is 2740. The van der Waals surface area contributed by atoms with Crippen LogP contribution in [-0.2, 0) is 20.1 Å². The summed E-state index contributed by atoms with van der Waals surface area (Å²) in [5.41, 5.74) is 2.08. The standard InChI is InChI=1S/C26H23Br2N3O3.C15H8Br2N2O3.C11H14BrN/c27-19-6-12-22(13-7-19)30-24(32)26(34,31(25(30)33)23-14-8-20(28)9-15-23)18-4-10-21(11-5-18)29-16-2-1-3-17-29;16-9-1-5-11(6-2-9)18-13(20)14(21)19(15(18)22)12-7-3-10(17)4-8-12;12-10-4-6-11(7-5-10)13-8-2-1-3-9-13/h4-15,34H,1-3,16-17H2;1-8H;4-7H,1-3,8-9H2. The van der Waals surface area contributed by atoms with Gasteiger partial charge in [0.1, 0.15) is 0 Å². The molecule has 1 N–H and O–H groups in total. The molecule has 17 heteroatoms. The average molecular weight is 1250 g/mol. The third kappa shape index (κ3) is 11.1. The van der Waals surface area contributed by atoms with Crippen molar-refractivity contribution in [1.82, 2.24) is 0 Å². The number of imide groups is 3. The summed E-state index contributed by atoms with van der Waals surface area (Å²) in [6.07, 6.45) is 7.62. The molecule has 7 amide bonds. The van der Waals surface area contributed by atoms with E-state index in [0.717, 1.165) is 68.7 Å². The molecule has 4 aliphatic heterocycles. The first-order chi connectivity index (χ1) is 33.2. The molecule has 0 spiro atoms. The molecule has 0 aliphatic carbocycles. The molecule has 354 valence electrons. The molecule has 0 bridgehead atoms. The van der Waals surface area contributed by atoms with Crippen molar-refractivity contribution < 1.29 is 29.1 Å². The van der Waals surface area contributed by atoms with Gasteiger partial charge in [0.15, 0.2) is 0 Å². The normalized spacial score (nSPS) is 18.3. The maximum Gasteiger partial charge on any atom is 0.343 e. The fourth-order valence-corrected chi connectivity index (χ4v) is 9.82. The van der Waals surface area contributed by atoms with Gasteiger partial charge in [-0.3, -0.25) is 19.3 Å². The fraction of sp³-hybridized carbons (Fsp3) is 0.212. The summed E-state index contributed by atoms with van der Waals surface area (Å²) in [6, 6.07) is 41.6. The van der Waals surface area contributed by atoms with Gasteiger partial charge in [0.05, 0.1) is 17.1 Å². The highest BCUT2D eigenvalue weighted by molar-refractivity contribution is 9.11. The minimum Gasteiger partial charge on any atom is -0.372 e. The number of hydrogen-bond donors (Lipinski definition) is 1. The number of carbonyl (C=O) groups is 5. The minimum absolute atomic E-state index is 0.342. The van der Waals surface area contributed by atoms with Gasteiger partial charge in [0, 0.05) is 71.2 Å². The van der Waals surface area contributed by atoms with Crippen molar-refractivity contribution in [3.63, 3.8) is 0 Å².